The van der Waals surface area contributed by atoms with Gasteiger partial charge in [0, 0.05) is 19.1 Å². The van der Waals surface area contributed by atoms with Gasteiger partial charge in [-0.1, -0.05) is 12.1 Å². The van der Waals surface area contributed by atoms with Gasteiger partial charge in [0.15, 0.2) is 0 Å². The van der Waals surface area contributed by atoms with Crippen LogP contribution in [-0.2, 0) is 6.42 Å². The fraction of sp³-hybridized carbons (Fsp3) is 0.500. The standard InChI is InChI=1S/C12H18N2O/c1-9(13)8-14-7-6-10-4-3-5-11(15-2)12(10)14/h3-5,9H,6-8,13H2,1-2H3/t9-/m0/s1. The number of nitrogens with zero attached hydrogens (tertiary/aromatic N) is 1. The van der Waals surface area contributed by atoms with Crippen LogP contribution in [0.4, 0.5) is 5.69 Å². The third-order valence-corrected chi connectivity index (χ3v) is 2.78. The van der Waals surface area contributed by atoms with E-state index in [0.29, 0.717) is 0 Å². The van der Waals surface area contributed by atoms with E-state index in [1.807, 2.05) is 19.1 Å². The van der Waals surface area contributed by atoms with E-state index in [0.717, 1.165) is 25.3 Å². The number of nitrogens with two attached hydrogens (primary N) is 1. The van der Waals surface area contributed by atoms with Crippen LogP contribution in [0, 0.1) is 0 Å². The molecule has 1 aliphatic rings. The number of fused-ring (bicyclic) bond motifs is 1. The maximum atomic E-state index is 5.84. The van der Waals surface area contributed by atoms with Gasteiger partial charge in [0.05, 0.1) is 12.8 Å². The fourth-order valence-corrected chi connectivity index (χ4v) is 2.19. The molecule has 0 radical (unpaired) electrons. The molecule has 3 nitrogen and oxygen atoms in total. The molecule has 0 fully saturated rings. The normalized spacial score (nSPS) is 16.3. The molecule has 0 aliphatic carbocycles. The van der Waals surface area contributed by atoms with Crippen LogP contribution in [-0.4, -0.2) is 26.2 Å². The molecular formula is C12H18N2O. The minimum absolute atomic E-state index is 0.195. The molecule has 1 atom stereocenters. The quantitative estimate of drug-likeness (QED) is 0.812. The molecule has 15 heavy (non-hydrogen) atoms. The van der Waals surface area contributed by atoms with Crippen molar-refractivity contribution in [3.63, 3.8) is 0 Å². The summed E-state index contributed by atoms with van der Waals surface area (Å²) in [5.74, 6) is 0.964. The van der Waals surface area contributed by atoms with Crippen molar-refractivity contribution < 1.29 is 4.74 Å². The zero-order valence-corrected chi connectivity index (χ0v) is 9.36. The number of benzene rings is 1. The molecule has 82 valence electrons. The van der Waals surface area contributed by atoms with Gasteiger partial charge in [-0.25, -0.2) is 0 Å². The lowest BCUT2D eigenvalue weighted by Gasteiger charge is -2.23. The van der Waals surface area contributed by atoms with Gasteiger partial charge >= 0.3 is 0 Å². The Morgan fingerprint density at radius 3 is 3.00 bits per heavy atom. The Balaban J connectivity index is 2.31. The Morgan fingerprint density at radius 1 is 1.53 bits per heavy atom. The second-order valence-electron chi connectivity index (χ2n) is 4.14. The molecule has 2 N–H and O–H groups in total. The lowest BCUT2D eigenvalue weighted by Crippen LogP contribution is -2.34. The molecule has 3 heteroatoms. The molecule has 0 spiro atoms. The minimum Gasteiger partial charge on any atom is -0.495 e. The van der Waals surface area contributed by atoms with Gasteiger partial charge in [-0.2, -0.15) is 0 Å². The number of hydrogen-bond acceptors (Lipinski definition) is 3. The van der Waals surface area contributed by atoms with E-state index in [1.165, 1.54) is 11.3 Å². The van der Waals surface area contributed by atoms with Crippen LogP contribution >= 0.6 is 0 Å². The average Bonchev–Trinajstić information content (AvgIpc) is 2.61. The maximum Gasteiger partial charge on any atom is 0.142 e. The molecule has 0 unspecified atom stereocenters. The highest BCUT2D eigenvalue weighted by Crippen LogP contribution is 2.36. The van der Waals surface area contributed by atoms with Gasteiger partial charge in [-0.05, 0) is 25.0 Å². The van der Waals surface area contributed by atoms with E-state index >= 15 is 0 Å². The summed E-state index contributed by atoms with van der Waals surface area (Å²) < 4.78 is 5.39. The maximum absolute atomic E-state index is 5.84. The zero-order chi connectivity index (χ0) is 10.8. The predicted octanol–water partition coefficient (Wildman–Crippen LogP) is 1.40. The first-order valence-electron chi connectivity index (χ1n) is 5.38. The summed E-state index contributed by atoms with van der Waals surface area (Å²) in [7, 11) is 1.72. The lowest BCUT2D eigenvalue weighted by atomic mass is 10.1. The van der Waals surface area contributed by atoms with Crippen LogP contribution in [0.15, 0.2) is 18.2 Å². The number of rotatable bonds is 3. The van der Waals surface area contributed by atoms with E-state index in [4.69, 9.17) is 10.5 Å². The van der Waals surface area contributed by atoms with Gasteiger partial charge in [-0.3, -0.25) is 0 Å². The third kappa shape index (κ3) is 1.92. The monoisotopic (exact) mass is 206 g/mol. The largest absolute Gasteiger partial charge is 0.495 e. The van der Waals surface area contributed by atoms with E-state index in [-0.39, 0.29) is 6.04 Å². The first kappa shape index (κ1) is 10.3. The highest BCUT2D eigenvalue weighted by atomic mass is 16.5. The smallest absolute Gasteiger partial charge is 0.142 e. The Morgan fingerprint density at radius 2 is 2.33 bits per heavy atom. The van der Waals surface area contributed by atoms with Crippen LogP contribution in [0.25, 0.3) is 0 Å². The first-order valence-corrected chi connectivity index (χ1v) is 5.38. The molecular weight excluding hydrogens is 188 g/mol. The summed E-state index contributed by atoms with van der Waals surface area (Å²) in [6.45, 7) is 3.98. The molecule has 2 rings (SSSR count). The van der Waals surface area contributed by atoms with E-state index < -0.39 is 0 Å². The van der Waals surface area contributed by atoms with Crippen molar-refractivity contribution in [3.8, 4) is 5.75 Å². The number of ether oxygens (including phenoxy) is 1. The van der Waals surface area contributed by atoms with Gasteiger partial charge in [-0.15, -0.1) is 0 Å². The van der Waals surface area contributed by atoms with Crippen molar-refractivity contribution in [3.05, 3.63) is 23.8 Å². The number of methoxy groups -OCH3 is 1. The molecule has 0 saturated carbocycles. The Kier molecular flexibility index (Phi) is 2.82. The van der Waals surface area contributed by atoms with Crippen LogP contribution < -0.4 is 15.4 Å². The van der Waals surface area contributed by atoms with E-state index in [2.05, 4.69) is 11.0 Å². The molecule has 1 aliphatic heterocycles. The molecule has 1 heterocycles. The highest BCUT2D eigenvalue weighted by Gasteiger charge is 2.23. The second kappa shape index (κ2) is 4.11. The van der Waals surface area contributed by atoms with E-state index in [1.54, 1.807) is 7.11 Å². The zero-order valence-electron chi connectivity index (χ0n) is 9.36. The third-order valence-electron chi connectivity index (χ3n) is 2.78. The van der Waals surface area contributed by atoms with Crippen LogP contribution in [0.1, 0.15) is 12.5 Å². The summed E-state index contributed by atoms with van der Waals surface area (Å²) in [6, 6.07) is 6.42. The Labute approximate surface area is 90.8 Å². The topological polar surface area (TPSA) is 38.5 Å². The molecule has 1 aromatic rings. The van der Waals surface area contributed by atoms with Crippen molar-refractivity contribution in [2.24, 2.45) is 5.73 Å². The molecule has 0 amide bonds. The van der Waals surface area contributed by atoms with Gasteiger partial charge in [0.2, 0.25) is 0 Å². The van der Waals surface area contributed by atoms with Gasteiger partial charge in [0.1, 0.15) is 5.75 Å². The predicted molar refractivity (Wildman–Crippen MR) is 62.6 cm³/mol. The Bertz CT molecular complexity index is 349. The number of hydrogen-bond donors (Lipinski definition) is 1. The van der Waals surface area contributed by atoms with Crippen molar-refractivity contribution in [2.45, 2.75) is 19.4 Å². The second-order valence-corrected chi connectivity index (χ2v) is 4.14. The summed E-state index contributed by atoms with van der Waals surface area (Å²) in [5, 5.41) is 0. The molecule has 0 saturated heterocycles. The summed E-state index contributed by atoms with van der Waals surface area (Å²) in [6.07, 6.45) is 1.10. The SMILES string of the molecule is COc1cccc2c1N(C[C@H](C)N)CC2. The van der Waals surface area contributed by atoms with Crippen LogP contribution in [0.2, 0.25) is 0 Å². The first-order chi connectivity index (χ1) is 7.22. The Hall–Kier alpha value is -1.22. The van der Waals surface area contributed by atoms with Crippen LogP contribution in [0.3, 0.4) is 0 Å². The average molecular weight is 206 g/mol. The number of para-hydroxylation sites is 1. The highest BCUT2D eigenvalue weighted by molar-refractivity contribution is 5.67. The lowest BCUT2D eigenvalue weighted by molar-refractivity contribution is 0.414. The minimum atomic E-state index is 0.195. The van der Waals surface area contributed by atoms with Gasteiger partial charge < -0.3 is 15.4 Å². The molecule has 1 aromatic carbocycles. The summed E-state index contributed by atoms with van der Waals surface area (Å²) in [5.41, 5.74) is 8.44. The molecule has 0 bridgehead atoms. The van der Waals surface area contributed by atoms with Crippen molar-refractivity contribution in [2.75, 3.05) is 25.1 Å². The molecule has 0 aromatic heterocycles. The van der Waals surface area contributed by atoms with Crippen molar-refractivity contribution in [1.82, 2.24) is 0 Å². The van der Waals surface area contributed by atoms with E-state index in [9.17, 15) is 0 Å². The fourth-order valence-electron chi connectivity index (χ4n) is 2.19. The summed E-state index contributed by atoms with van der Waals surface area (Å²) >= 11 is 0. The number of anilines is 1. The van der Waals surface area contributed by atoms with Crippen LogP contribution in [0.5, 0.6) is 5.75 Å². The van der Waals surface area contributed by atoms with Gasteiger partial charge in [0.25, 0.3) is 0 Å². The summed E-state index contributed by atoms with van der Waals surface area (Å²) in [4.78, 5) is 2.32. The van der Waals surface area contributed by atoms with Crippen molar-refractivity contribution in [1.29, 1.82) is 0 Å². The van der Waals surface area contributed by atoms with Crippen molar-refractivity contribution >= 4 is 5.69 Å².